The Balaban J connectivity index is 1.69. The Bertz CT molecular complexity index is 1270. The Morgan fingerprint density at radius 1 is 1.17 bits per heavy atom. The number of hydrogen-bond acceptors (Lipinski definition) is 7. The number of unbranched alkanes of at least 4 members (excludes halogenated alkanes) is 1. The number of nitrogens with one attached hydrogen (secondary N) is 2. The topological polar surface area (TPSA) is 118 Å². The van der Waals surface area contributed by atoms with Crippen LogP contribution < -0.4 is 4.74 Å². The van der Waals surface area contributed by atoms with E-state index in [0.717, 1.165) is 18.6 Å². The minimum absolute atomic E-state index is 0.0203. The summed E-state index contributed by atoms with van der Waals surface area (Å²) in [5.74, 6) is -2.15. The number of amidine groups is 1. The number of ether oxygens (including phenoxy) is 1. The van der Waals surface area contributed by atoms with Crippen molar-refractivity contribution >= 4 is 45.5 Å². The van der Waals surface area contributed by atoms with Crippen LogP contribution in [0.4, 0.5) is 13.2 Å². The van der Waals surface area contributed by atoms with Crippen molar-refractivity contribution in [2.45, 2.75) is 38.8 Å². The number of likely N-dealkylation sites (tertiary alicyclic amines) is 1. The van der Waals surface area contributed by atoms with Gasteiger partial charge < -0.3 is 9.84 Å². The van der Waals surface area contributed by atoms with E-state index in [0.29, 0.717) is 50.7 Å². The second-order valence-corrected chi connectivity index (χ2v) is 10.9. The van der Waals surface area contributed by atoms with Gasteiger partial charge >= 0.3 is 12.1 Å². The first-order valence-corrected chi connectivity index (χ1v) is 14.3. The molecule has 0 atom stereocenters. The van der Waals surface area contributed by atoms with Crippen LogP contribution in [0.3, 0.4) is 0 Å². The Kier molecular flexibility index (Phi) is 11.6. The van der Waals surface area contributed by atoms with Crippen LogP contribution in [0, 0.1) is 16.7 Å². The van der Waals surface area contributed by atoms with Crippen molar-refractivity contribution in [3.8, 4) is 5.75 Å². The fourth-order valence-corrected chi connectivity index (χ4v) is 5.25. The van der Waals surface area contributed by atoms with E-state index in [1.165, 1.54) is 17.0 Å². The van der Waals surface area contributed by atoms with E-state index >= 15 is 0 Å². The predicted molar refractivity (Wildman–Crippen MR) is 153 cm³/mol. The summed E-state index contributed by atoms with van der Waals surface area (Å²) in [4.78, 5) is 27.4. The summed E-state index contributed by atoms with van der Waals surface area (Å²) in [6, 6.07) is 9.66. The van der Waals surface area contributed by atoms with Gasteiger partial charge in [-0.15, -0.1) is 0 Å². The maximum atomic E-state index is 13.9. The van der Waals surface area contributed by atoms with Gasteiger partial charge in [-0.3, -0.25) is 30.2 Å². The molecule has 1 heterocycles. The van der Waals surface area contributed by atoms with Gasteiger partial charge in [-0.25, -0.2) is 0 Å². The van der Waals surface area contributed by atoms with Gasteiger partial charge in [-0.05, 0) is 74.4 Å². The van der Waals surface area contributed by atoms with Gasteiger partial charge in [0.2, 0.25) is 0 Å². The fourth-order valence-electron chi connectivity index (χ4n) is 4.31. The van der Waals surface area contributed by atoms with Crippen LogP contribution in [0.5, 0.6) is 5.75 Å². The van der Waals surface area contributed by atoms with Crippen LogP contribution in [0.1, 0.15) is 54.1 Å². The van der Waals surface area contributed by atoms with Crippen molar-refractivity contribution < 1.29 is 32.6 Å². The maximum absolute atomic E-state index is 13.9. The Hall–Kier alpha value is -3.09. The van der Waals surface area contributed by atoms with E-state index in [9.17, 15) is 22.8 Å². The van der Waals surface area contributed by atoms with Crippen LogP contribution in [0.15, 0.2) is 42.5 Å². The largest absolute Gasteiger partial charge is 0.492 e. The van der Waals surface area contributed by atoms with Crippen molar-refractivity contribution in [1.82, 2.24) is 9.80 Å². The van der Waals surface area contributed by atoms with E-state index in [-0.39, 0.29) is 45.3 Å². The Morgan fingerprint density at radius 2 is 1.85 bits per heavy atom. The van der Waals surface area contributed by atoms with E-state index in [2.05, 4.69) is 0 Å². The van der Waals surface area contributed by atoms with Gasteiger partial charge in [0.1, 0.15) is 17.4 Å². The molecular weight excluding hydrogens is 581 g/mol. The maximum Gasteiger partial charge on any atom is 0.419 e. The zero-order valence-electron chi connectivity index (χ0n) is 22.5. The predicted octanol–water partition coefficient (Wildman–Crippen LogP) is 6.47. The number of carboxylic acids is 1. The Morgan fingerprint density at radius 3 is 2.46 bits per heavy atom. The average molecular weight is 613 g/mol. The second-order valence-electron chi connectivity index (χ2n) is 9.54. The van der Waals surface area contributed by atoms with Crippen LogP contribution in [0.25, 0.3) is 0 Å². The molecule has 0 bridgehead atoms. The summed E-state index contributed by atoms with van der Waals surface area (Å²) in [5.41, 5.74) is -0.934. The summed E-state index contributed by atoms with van der Waals surface area (Å²) >= 11 is 6.74. The molecule has 1 amide bonds. The molecule has 41 heavy (non-hydrogen) atoms. The molecular formula is C28H32ClF3N4O4S. The van der Waals surface area contributed by atoms with Gasteiger partial charge in [0.25, 0.3) is 5.91 Å². The molecule has 0 aliphatic carbocycles. The second kappa shape index (κ2) is 14.7. The summed E-state index contributed by atoms with van der Waals surface area (Å²) < 4.78 is 47.2. The molecule has 222 valence electrons. The molecule has 0 radical (unpaired) electrons. The van der Waals surface area contributed by atoms with Crippen molar-refractivity contribution in [2.24, 2.45) is 5.92 Å². The molecule has 3 N–H and O–H groups in total. The van der Waals surface area contributed by atoms with Crippen LogP contribution >= 0.6 is 23.4 Å². The number of benzene rings is 2. The summed E-state index contributed by atoms with van der Waals surface area (Å²) in [5, 5.41) is 25.6. The molecule has 1 saturated heterocycles. The number of nitrogens with zero attached hydrogens (tertiary/aromatic N) is 2. The van der Waals surface area contributed by atoms with Crippen molar-refractivity contribution in [3.05, 3.63) is 64.2 Å². The quantitative estimate of drug-likeness (QED) is 0.209. The molecule has 8 nitrogen and oxygen atoms in total. The first kappa shape index (κ1) is 32.4. The molecule has 0 spiro atoms. The van der Waals surface area contributed by atoms with Crippen molar-refractivity contribution in [2.75, 3.05) is 32.8 Å². The molecule has 0 saturated carbocycles. The third-order valence-corrected chi connectivity index (χ3v) is 7.86. The Labute approximate surface area is 245 Å². The van der Waals surface area contributed by atoms with Gasteiger partial charge in [0, 0.05) is 18.7 Å². The molecule has 1 aliphatic heterocycles. The molecule has 1 aliphatic rings. The third-order valence-electron chi connectivity index (χ3n) is 6.68. The normalized spacial score (nSPS) is 14.5. The lowest BCUT2D eigenvalue weighted by molar-refractivity contribution is -0.143. The van der Waals surface area contributed by atoms with E-state index in [1.54, 1.807) is 18.2 Å². The van der Waals surface area contributed by atoms with Crippen LogP contribution in [-0.4, -0.2) is 69.8 Å². The smallest absolute Gasteiger partial charge is 0.419 e. The highest BCUT2D eigenvalue weighted by molar-refractivity contribution is 8.26. The number of carbonyl (C=O) groups is 2. The van der Waals surface area contributed by atoms with E-state index in [1.807, 2.05) is 11.8 Å². The molecule has 13 heteroatoms. The number of halogens is 4. The number of hydrogen-bond donors (Lipinski definition) is 3. The lowest BCUT2D eigenvalue weighted by atomic mass is 9.97. The van der Waals surface area contributed by atoms with E-state index < -0.39 is 29.5 Å². The van der Waals surface area contributed by atoms with Gasteiger partial charge in [0.05, 0.1) is 22.1 Å². The molecule has 1 fully saturated rings. The third kappa shape index (κ3) is 8.95. The number of rotatable bonds is 10. The van der Waals surface area contributed by atoms with Gasteiger partial charge in [0.15, 0.2) is 5.17 Å². The highest BCUT2D eigenvalue weighted by Crippen LogP contribution is 2.37. The van der Waals surface area contributed by atoms with Crippen molar-refractivity contribution in [3.63, 3.8) is 0 Å². The summed E-state index contributed by atoms with van der Waals surface area (Å²) in [6.45, 7) is 3.49. The lowest BCUT2D eigenvalue weighted by Gasteiger charge is -2.29. The average Bonchev–Trinajstić information content (AvgIpc) is 2.93. The zero-order chi connectivity index (χ0) is 30.2. The molecule has 3 rings (SSSR count). The first-order valence-electron chi connectivity index (χ1n) is 13.1. The first-order chi connectivity index (χ1) is 19.4. The number of thioether (sulfide) groups is 1. The number of alkyl halides is 3. The highest BCUT2D eigenvalue weighted by atomic mass is 35.5. The lowest BCUT2D eigenvalue weighted by Crippen LogP contribution is -2.38. The number of carbonyl (C=O) groups excluding carboxylic acids is 1. The molecule has 0 aromatic heterocycles. The summed E-state index contributed by atoms with van der Waals surface area (Å²) in [7, 11) is 0. The minimum atomic E-state index is -4.75. The summed E-state index contributed by atoms with van der Waals surface area (Å²) in [6.07, 6.45) is -2.48. The molecule has 2 aromatic rings. The van der Waals surface area contributed by atoms with Gasteiger partial charge in [-0.2, -0.15) is 13.2 Å². The number of amides is 1. The van der Waals surface area contributed by atoms with Crippen LogP contribution in [-0.2, 0) is 11.0 Å². The molecule has 2 aromatic carbocycles. The number of aliphatic carboxylic acids is 1. The number of piperidine rings is 1. The zero-order valence-corrected chi connectivity index (χ0v) is 24.0. The monoisotopic (exact) mass is 612 g/mol. The molecule has 0 unspecified atom stereocenters. The standard InChI is InChI=1S/C28H32ClF3N4O4S/c1-2-3-12-36(25(37)20-6-4-5-7-22(20)29)27(34)41-24(33)19-8-9-23(21(17-19)28(30,31)32)40-16-15-35-13-10-18(11-14-35)26(38)39/h4-9,17-18,33-34H,2-3,10-16H2,1H3,(H,38,39). The fraction of sp³-hybridized carbons (Fsp3) is 0.429. The van der Waals surface area contributed by atoms with Gasteiger partial charge in [-0.1, -0.05) is 37.1 Å². The minimum Gasteiger partial charge on any atom is -0.492 e. The van der Waals surface area contributed by atoms with Crippen molar-refractivity contribution in [1.29, 1.82) is 10.8 Å². The van der Waals surface area contributed by atoms with E-state index in [4.69, 9.17) is 32.3 Å². The van der Waals surface area contributed by atoms with Crippen LogP contribution in [0.2, 0.25) is 5.02 Å². The highest BCUT2D eigenvalue weighted by Gasteiger charge is 2.35. The SMILES string of the molecule is CCCCN(C(=N)SC(=N)c1ccc(OCCN2CCC(C(=O)O)CC2)c(C(F)(F)F)c1)C(=O)c1ccccc1Cl. The number of carboxylic acid groups (broad SMARTS) is 1.